The van der Waals surface area contributed by atoms with Crippen LogP contribution in [0.4, 0.5) is 4.79 Å². The molecule has 162 valence electrons. The number of carboxylic acid groups (broad SMARTS) is 1. The normalized spacial score (nSPS) is 12.0. The lowest BCUT2D eigenvalue weighted by Gasteiger charge is -2.22. The molecule has 1 amide bonds. The lowest BCUT2D eigenvalue weighted by atomic mass is 10.0. The van der Waals surface area contributed by atoms with E-state index < -0.39 is 23.7 Å². The number of carbonyl (C=O) groups excluding carboxylic acids is 1. The fourth-order valence-electron chi connectivity index (χ4n) is 2.67. The Hall–Kier alpha value is -2.74. The Morgan fingerprint density at radius 2 is 1.83 bits per heavy atom. The van der Waals surface area contributed by atoms with Gasteiger partial charge in [0.05, 0.1) is 11.6 Å². The average molecular weight is 480 g/mol. The van der Waals surface area contributed by atoms with Gasteiger partial charge in [0, 0.05) is 12.0 Å². The van der Waals surface area contributed by atoms with E-state index in [4.69, 9.17) is 14.2 Å². The van der Waals surface area contributed by atoms with E-state index in [1.807, 2.05) is 30.3 Å². The summed E-state index contributed by atoms with van der Waals surface area (Å²) in [6, 6.07) is 11.7. The van der Waals surface area contributed by atoms with Gasteiger partial charge in [0.2, 0.25) is 0 Å². The van der Waals surface area contributed by atoms with Crippen LogP contribution in [-0.4, -0.2) is 35.9 Å². The molecule has 0 spiro atoms. The fourth-order valence-corrected chi connectivity index (χ4v) is 3.07. The summed E-state index contributed by atoms with van der Waals surface area (Å²) in [4.78, 5) is 23.6. The Morgan fingerprint density at radius 1 is 1.13 bits per heavy atom. The van der Waals surface area contributed by atoms with Gasteiger partial charge in [-0.3, -0.25) is 0 Å². The second-order valence-corrected chi connectivity index (χ2v) is 8.46. The molecule has 2 aromatic carbocycles. The van der Waals surface area contributed by atoms with Gasteiger partial charge in [0.25, 0.3) is 0 Å². The van der Waals surface area contributed by atoms with Gasteiger partial charge in [-0.1, -0.05) is 18.2 Å². The third-order valence-electron chi connectivity index (χ3n) is 3.99. The summed E-state index contributed by atoms with van der Waals surface area (Å²) in [5, 5.41) is 11.9. The minimum absolute atomic E-state index is 0.0839. The second kappa shape index (κ2) is 10.3. The lowest BCUT2D eigenvalue weighted by Crippen LogP contribution is -2.44. The summed E-state index contributed by atoms with van der Waals surface area (Å²) in [5.74, 6) is 0.153. The molecule has 2 N–H and O–H groups in total. The summed E-state index contributed by atoms with van der Waals surface area (Å²) < 4.78 is 17.2. The van der Waals surface area contributed by atoms with Crippen LogP contribution in [0, 0.1) is 0 Å². The van der Waals surface area contributed by atoms with Gasteiger partial charge in [-0.25, -0.2) is 9.59 Å². The zero-order chi connectivity index (χ0) is 22.3. The number of halogens is 1. The predicted molar refractivity (Wildman–Crippen MR) is 116 cm³/mol. The summed E-state index contributed by atoms with van der Waals surface area (Å²) >= 11 is 3.44. The molecular formula is C22H26BrNO6. The van der Waals surface area contributed by atoms with E-state index in [2.05, 4.69) is 21.2 Å². The molecule has 1 atom stereocenters. The Morgan fingerprint density at radius 3 is 2.43 bits per heavy atom. The van der Waals surface area contributed by atoms with Crippen molar-refractivity contribution in [2.24, 2.45) is 0 Å². The average Bonchev–Trinajstić information content (AvgIpc) is 2.65. The quantitative estimate of drug-likeness (QED) is 0.576. The van der Waals surface area contributed by atoms with Gasteiger partial charge >= 0.3 is 12.1 Å². The molecule has 0 bridgehead atoms. The molecule has 0 aliphatic rings. The molecule has 0 aromatic heterocycles. The van der Waals surface area contributed by atoms with Crippen molar-refractivity contribution in [1.29, 1.82) is 0 Å². The topological polar surface area (TPSA) is 94.1 Å². The van der Waals surface area contributed by atoms with E-state index in [1.165, 1.54) is 0 Å². The number of rotatable bonds is 8. The SMILES string of the molecule is COc1ccc(CC(NC(=O)OC(C)(C)C)C(=O)O)cc1COc1ccccc1Br. The molecule has 0 radical (unpaired) electrons. The summed E-state index contributed by atoms with van der Waals surface area (Å²) in [6.07, 6.45) is -0.693. The van der Waals surface area contributed by atoms with E-state index in [9.17, 15) is 14.7 Å². The van der Waals surface area contributed by atoms with E-state index in [-0.39, 0.29) is 13.0 Å². The van der Waals surface area contributed by atoms with Crippen molar-refractivity contribution in [3.63, 3.8) is 0 Å². The number of methoxy groups -OCH3 is 1. The number of hydrogen-bond donors (Lipinski definition) is 2. The zero-order valence-electron chi connectivity index (χ0n) is 17.4. The summed E-state index contributed by atoms with van der Waals surface area (Å²) in [6.45, 7) is 5.37. The maximum Gasteiger partial charge on any atom is 0.408 e. The van der Waals surface area contributed by atoms with Gasteiger partial charge in [-0.15, -0.1) is 0 Å². The van der Waals surface area contributed by atoms with Gasteiger partial charge in [-0.2, -0.15) is 0 Å². The first-order valence-electron chi connectivity index (χ1n) is 9.34. The van der Waals surface area contributed by atoms with Crippen LogP contribution >= 0.6 is 15.9 Å². The lowest BCUT2D eigenvalue weighted by molar-refractivity contribution is -0.139. The van der Waals surface area contributed by atoms with E-state index in [0.29, 0.717) is 17.1 Å². The Bertz CT molecular complexity index is 893. The summed E-state index contributed by atoms with van der Waals surface area (Å²) in [7, 11) is 1.56. The first-order chi connectivity index (χ1) is 14.1. The van der Waals surface area contributed by atoms with Crippen LogP contribution in [0.25, 0.3) is 0 Å². The minimum Gasteiger partial charge on any atom is -0.496 e. The number of carbonyl (C=O) groups is 2. The molecule has 0 fully saturated rings. The third-order valence-corrected chi connectivity index (χ3v) is 4.65. The molecule has 8 heteroatoms. The molecular weight excluding hydrogens is 454 g/mol. The molecule has 0 aliphatic carbocycles. The molecule has 0 saturated carbocycles. The van der Waals surface area contributed by atoms with Crippen molar-refractivity contribution in [2.75, 3.05) is 7.11 Å². The van der Waals surface area contributed by atoms with Crippen LogP contribution in [0.5, 0.6) is 11.5 Å². The molecule has 30 heavy (non-hydrogen) atoms. The van der Waals surface area contributed by atoms with Gasteiger partial charge in [-0.05, 0) is 66.5 Å². The first kappa shape index (κ1) is 23.5. The third kappa shape index (κ3) is 7.26. The highest BCUT2D eigenvalue weighted by molar-refractivity contribution is 9.10. The van der Waals surface area contributed by atoms with Crippen LogP contribution < -0.4 is 14.8 Å². The smallest absolute Gasteiger partial charge is 0.408 e. The number of nitrogens with one attached hydrogen (secondary N) is 1. The number of ether oxygens (including phenoxy) is 3. The van der Waals surface area contributed by atoms with Gasteiger partial charge < -0.3 is 24.6 Å². The maximum absolute atomic E-state index is 12.0. The number of alkyl carbamates (subject to hydrolysis) is 1. The highest BCUT2D eigenvalue weighted by atomic mass is 79.9. The van der Waals surface area contributed by atoms with Crippen LogP contribution in [0.2, 0.25) is 0 Å². The van der Waals surface area contributed by atoms with Crippen molar-refractivity contribution >= 4 is 28.0 Å². The highest BCUT2D eigenvalue weighted by Crippen LogP contribution is 2.27. The van der Waals surface area contributed by atoms with Crippen LogP contribution in [0.1, 0.15) is 31.9 Å². The number of benzene rings is 2. The molecule has 1 unspecified atom stereocenters. The molecule has 2 aromatic rings. The second-order valence-electron chi connectivity index (χ2n) is 7.61. The number of para-hydroxylation sites is 1. The van der Waals surface area contributed by atoms with E-state index in [1.54, 1.807) is 40.0 Å². The Balaban J connectivity index is 2.14. The van der Waals surface area contributed by atoms with Gasteiger partial charge in [0.1, 0.15) is 29.7 Å². The van der Waals surface area contributed by atoms with Crippen molar-refractivity contribution in [2.45, 2.75) is 45.4 Å². The highest BCUT2D eigenvalue weighted by Gasteiger charge is 2.24. The first-order valence-corrected chi connectivity index (χ1v) is 10.1. The standard InChI is InChI=1S/C22H26BrNO6/c1-22(2,3)30-21(27)24-17(20(25)26)12-14-9-10-18(28-4)15(11-14)13-29-19-8-6-5-7-16(19)23/h5-11,17H,12-13H2,1-4H3,(H,24,27)(H,25,26). The van der Waals surface area contributed by atoms with Crippen molar-refractivity contribution in [1.82, 2.24) is 5.32 Å². The molecule has 0 saturated heterocycles. The van der Waals surface area contributed by atoms with Crippen molar-refractivity contribution in [3.05, 3.63) is 58.1 Å². The Labute approximate surface area is 184 Å². The van der Waals surface area contributed by atoms with Crippen LogP contribution in [0.3, 0.4) is 0 Å². The monoisotopic (exact) mass is 479 g/mol. The number of amides is 1. The predicted octanol–water partition coefficient (Wildman–Crippen LogP) is 4.56. The maximum atomic E-state index is 12.0. The number of carboxylic acids is 1. The Kier molecular flexibility index (Phi) is 8.11. The zero-order valence-corrected chi connectivity index (χ0v) is 19.0. The van der Waals surface area contributed by atoms with Crippen molar-refractivity contribution in [3.8, 4) is 11.5 Å². The van der Waals surface area contributed by atoms with Gasteiger partial charge in [0.15, 0.2) is 0 Å². The van der Waals surface area contributed by atoms with E-state index >= 15 is 0 Å². The molecule has 0 heterocycles. The fraction of sp³-hybridized carbons (Fsp3) is 0.364. The number of hydrogen-bond acceptors (Lipinski definition) is 5. The molecule has 0 aliphatic heterocycles. The van der Waals surface area contributed by atoms with Crippen molar-refractivity contribution < 1.29 is 28.9 Å². The largest absolute Gasteiger partial charge is 0.496 e. The molecule has 2 rings (SSSR count). The number of aliphatic carboxylic acids is 1. The minimum atomic E-state index is -1.15. The van der Waals surface area contributed by atoms with E-state index in [0.717, 1.165) is 10.0 Å². The van der Waals surface area contributed by atoms with Crippen LogP contribution in [-0.2, 0) is 22.6 Å². The summed E-state index contributed by atoms with van der Waals surface area (Å²) in [5.41, 5.74) is 0.751. The van der Waals surface area contributed by atoms with Crippen LogP contribution in [0.15, 0.2) is 46.9 Å². The molecule has 7 nitrogen and oxygen atoms in total.